The first-order valence-electron chi connectivity index (χ1n) is 19.5. The van der Waals surface area contributed by atoms with Crippen LogP contribution < -0.4 is 32.3 Å². The van der Waals surface area contributed by atoms with Crippen LogP contribution in [-0.4, -0.2) is 90.0 Å². The summed E-state index contributed by atoms with van der Waals surface area (Å²) in [7, 11) is 3.27. The monoisotopic (exact) mass is 807 g/mol. The Balaban J connectivity index is 2.12. The fraction of sp³-hybridized carbons (Fsp3) is 0.535. The number of ether oxygens (including phenoxy) is 1. The summed E-state index contributed by atoms with van der Waals surface area (Å²) in [5, 5.41) is 23.7. The van der Waals surface area contributed by atoms with Gasteiger partial charge in [-0.05, 0) is 73.5 Å². The van der Waals surface area contributed by atoms with E-state index < -0.39 is 70.8 Å². The molecular formula is C43H65N7O8. The van der Waals surface area contributed by atoms with Gasteiger partial charge >= 0.3 is 12.1 Å². The van der Waals surface area contributed by atoms with Crippen LogP contribution in [0.2, 0.25) is 0 Å². The Morgan fingerprint density at radius 1 is 0.810 bits per heavy atom. The van der Waals surface area contributed by atoms with Gasteiger partial charge in [-0.2, -0.15) is 0 Å². The van der Waals surface area contributed by atoms with Crippen molar-refractivity contribution in [2.45, 2.75) is 118 Å². The number of carboxylic acids is 1. The average Bonchev–Trinajstić information content (AvgIpc) is 3.14. The maximum atomic E-state index is 14.1. The maximum absolute atomic E-state index is 14.1. The summed E-state index contributed by atoms with van der Waals surface area (Å²) in [5.41, 5.74) is 6.76. The van der Waals surface area contributed by atoms with Crippen LogP contribution in [0.25, 0.3) is 0 Å². The molecule has 0 heterocycles. The highest BCUT2D eigenvalue weighted by Crippen LogP contribution is 2.31. The molecule has 0 radical (unpaired) electrons. The standard InChI is InChI=1S/C43H65N7O8/c1-24(2)32(21-26(5)40(55)56)50(13)39(54)35(42(7,8)9)49-38(53)34(45-12)43(10,11)29-15-14-16-31(22-29)48-41(57)58-23-28-17-19-30(20-18-28)47-36(51)27(6)46-37(52)33(44)25(3)4/h14-22,24-25,27,32-35,45H,23,44H2,1-13H3,(H,46,52)(H,47,51)(H,48,57)(H,49,53)(H,55,56)/b26-21+/t27-,32?,33-,34+,35+/m0/s1. The first kappa shape index (κ1) is 48.9. The van der Waals surface area contributed by atoms with Crippen LogP contribution in [0.15, 0.2) is 60.2 Å². The second kappa shape index (κ2) is 20.9. The number of hydrogen-bond acceptors (Lipinski definition) is 9. The number of carbonyl (C=O) groups excluding carboxylic acids is 5. The molecule has 5 amide bonds. The third kappa shape index (κ3) is 13.7. The van der Waals surface area contributed by atoms with Crippen molar-refractivity contribution < 1.29 is 38.6 Å². The van der Waals surface area contributed by atoms with E-state index in [1.807, 2.05) is 68.4 Å². The van der Waals surface area contributed by atoms with Crippen LogP contribution >= 0.6 is 0 Å². The van der Waals surface area contributed by atoms with Gasteiger partial charge in [0.25, 0.3) is 0 Å². The molecule has 0 saturated heterocycles. The molecule has 2 aromatic carbocycles. The Morgan fingerprint density at radius 2 is 1.41 bits per heavy atom. The summed E-state index contributed by atoms with van der Waals surface area (Å²) in [5.74, 6) is -2.83. The third-order valence-corrected chi connectivity index (χ3v) is 10.1. The highest BCUT2D eigenvalue weighted by molar-refractivity contribution is 5.97. The van der Waals surface area contributed by atoms with Crippen LogP contribution in [0.4, 0.5) is 16.2 Å². The van der Waals surface area contributed by atoms with Crippen LogP contribution in [0.3, 0.4) is 0 Å². The van der Waals surface area contributed by atoms with Gasteiger partial charge in [-0.15, -0.1) is 0 Å². The Hall–Kier alpha value is -5.28. The zero-order valence-electron chi connectivity index (χ0n) is 36.3. The van der Waals surface area contributed by atoms with E-state index in [1.165, 1.54) is 11.8 Å². The van der Waals surface area contributed by atoms with Gasteiger partial charge in [-0.25, -0.2) is 9.59 Å². The molecule has 0 bridgehead atoms. The minimum absolute atomic E-state index is 0.0526. The van der Waals surface area contributed by atoms with E-state index in [1.54, 1.807) is 69.6 Å². The van der Waals surface area contributed by atoms with Gasteiger partial charge in [0.05, 0.1) is 18.1 Å². The maximum Gasteiger partial charge on any atom is 0.411 e. The highest BCUT2D eigenvalue weighted by atomic mass is 16.5. The Bertz CT molecular complexity index is 1800. The lowest BCUT2D eigenvalue weighted by atomic mass is 9.76. The van der Waals surface area contributed by atoms with E-state index in [0.29, 0.717) is 16.9 Å². The molecule has 5 atom stereocenters. The fourth-order valence-corrected chi connectivity index (χ4v) is 6.20. The van der Waals surface area contributed by atoms with Gasteiger partial charge in [0.2, 0.25) is 23.6 Å². The van der Waals surface area contributed by atoms with Crippen molar-refractivity contribution in [1.29, 1.82) is 0 Å². The molecule has 320 valence electrons. The first-order chi connectivity index (χ1) is 26.8. The van der Waals surface area contributed by atoms with Crippen molar-refractivity contribution >= 4 is 47.1 Å². The van der Waals surface area contributed by atoms with Gasteiger partial charge in [0, 0.05) is 29.4 Å². The third-order valence-electron chi connectivity index (χ3n) is 10.1. The Labute approximate surface area is 343 Å². The van der Waals surface area contributed by atoms with E-state index in [4.69, 9.17) is 10.5 Å². The molecule has 1 unspecified atom stereocenters. The molecule has 0 fully saturated rings. The van der Waals surface area contributed by atoms with Crippen molar-refractivity contribution in [1.82, 2.24) is 20.9 Å². The van der Waals surface area contributed by atoms with Crippen molar-refractivity contribution in [3.05, 3.63) is 71.3 Å². The van der Waals surface area contributed by atoms with E-state index >= 15 is 0 Å². The summed E-state index contributed by atoms with van der Waals surface area (Å²) in [6.45, 7) is 19.8. The molecule has 0 aliphatic rings. The number of carbonyl (C=O) groups is 6. The van der Waals surface area contributed by atoms with Crippen molar-refractivity contribution in [2.24, 2.45) is 23.0 Å². The van der Waals surface area contributed by atoms with Gasteiger partial charge in [0.15, 0.2) is 0 Å². The minimum Gasteiger partial charge on any atom is -0.478 e. The normalized spacial score (nSPS) is 14.7. The second-order valence-electron chi connectivity index (χ2n) is 17.1. The quantitative estimate of drug-likeness (QED) is 0.102. The first-order valence-corrected chi connectivity index (χ1v) is 19.5. The lowest BCUT2D eigenvalue weighted by Crippen LogP contribution is -2.61. The van der Waals surface area contributed by atoms with Crippen LogP contribution in [0.1, 0.15) is 87.3 Å². The lowest BCUT2D eigenvalue weighted by Gasteiger charge is -2.40. The van der Waals surface area contributed by atoms with Crippen LogP contribution in [0.5, 0.6) is 0 Å². The Morgan fingerprint density at radius 3 is 1.93 bits per heavy atom. The smallest absolute Gasteiger partial charge is 0.411 e. The molecule has 0 aliphatic heterocycles. The molecule has 58 heavy (non-hydrogen) atoms. The number of nitrogens with zero attached hydrogens (tertiary/aromatic N) is 1. The molecule has 15 nitrogen and oxygen atoms in total. The fourth-order valence-electron chi connectivity index (χ4n) is 6.20. The second-order valence-corrected chi connectivity index (χ2v) is 17.1. The van der Waals surface area contributed by atoms with Crippen molar-refractivity contribution in [3.63, 3.8) is 0 Å². The van der Waals surface area contributed by atoms with E-state index in [0.717, 1.165) is 5.56 Å². The van der Waals surface area contributed by atoms with E-state index in [9.17, 15) is 33.9 Å². The number of aliphatic carboxylic acids is 1. The van der Waals surface area contributed by atoms with Crippen molar-refractivity contribution in [3.8, 4) is 0 Å². The molecule has 0 spiro atoms. The van der Waals surface area contributed by atoms with E-state index in [2.05, 4.69) is 26.6 Å². The number of anilines is 2. The lowest BCUT2D eigenvalue weighted by molar-refractivity contribution is -0.141. The highest BCUT2D eigenvalue weighted by Gasteiger charge is 2.42. The summed E-state index contributed by atoms with van der Waals surface area (Å²) < 4.78 is 5.45. The van der Waals surface area contributed by atoms with Crippen molar-refractivity contribution in [2.75, 3.05) is 24.7 Å². The van der Waals surface area contributed by atoms with Gasteiger partial charge in [-0.1, -0.05) is 92.7 Å². The summed E-state index contributed by atoms with van der Waals surface area (Å²) >= 11 is 0. The number of benzene rings is 2. The zero-order valence-corrected chi connectivity index (χ0v) is 36.3. The number of amides is 5. The number of carboxylic acid groups (broad SMARTS) is 1. The minimum atomic E-state index is -1.07. The number of likely N-dealkylation sites (N-methyl/N-ethyl adjacent to an activating group) is 2. The number of hydrogen-bond donors (Lipinski definition) is 7. The average molecular weight is 808 g/mol. The van der Waals surface area contributed by atoms with Gasteiger partial charge < -0.3 is 41.7 Å². The molecule has 0 saturated carbocycles. The molecule has 0 aliphatic carbocycles. The number of rotatable bonds is 18. The molecule has 2 aromatic rings. The molecule has 0 aromatic heterocycles. The SMILES string of the molecule is CN[C@H](C(=O)N[C@H](C(=O)N(C)C(/C=C(\C)C(=O)O)C(C)C)C(C)(C)C)C(C)(C)c1cccc(NC(=O)OCc2ccc(NC(=O)[C@H](C)NC(=O)[C@@H](N)C(C)C)cc2)c1. The zero-order chi connectivity index (χ0) is 44.3. The van der Waals surface area contributed by atoms with Crippen LogP contribution in [-0.2, 0) is 40.7 Å². The summed E-state index contributed by atoms with van der Waals surface area (Å²) in [4.78, 5) is 78.8. The molecule has 8 N–H and O–H groups in total. The van der Waals surface area contributed by atoms with Gasteiger partial charge in [0.1, 0.15) is 18.7 Å². The topological polar surface area (TPSA) is 221 Å². The van der Waals surface area contributed by atoms with E-state index in [-0.39, 0.29) is 29.9 Å². The molecular weight excluding hydrogens is 743 g/mol. The summed E-state index contributed by atoms with van der Waals surface area (Å²) in [6.07, 6.45) is 0.852. The predicted octanol–water partition coefficient (Wildman–Crippen LogP) is 4.77. The summed E-state index contributed by atoms with van der Waals surface area (Å²) in [6, 6.07) is 9.95. The number of nitrogens with two attached hydrogens (primary N) is 1. The largest absolute Gasteiger partial charge is 0.478 e. The van der Waals surface area contributed by atoms with Crippen LogP contribution in [0, 0.1) is 17.3 Å². The Kier molecular flexibility index (Phi) is 17.6. The molecule has 2 rings (SSSR count). The number of nitrogens with one attached hydrogen (secondary N) is 5. The predicted molar refractivity (Wildman–Crippen MR) is 226 cm³/mol. The molecule has 15 heteroatoms. The van der Waals surface area contributed by atoms with Gasteiger partial charge in [-0.3, -0.25) is 24.5 Å².